The van der Waals surface area contributed by atoms with Gasteiger partial charge in [-0.15, -0.1) is 13.2 Å². The molecule has 0 aromatic heterocycles. The number of aryl methyl sites for hydroxylation is 2. The van der Waals surface area contributed by atoms with E-state index in [1.54, 1.807) is 37.4 Å². The average Bonchev–Trinajstić information content (AvgIpc) is 2.84. The summed E-state index contributed by atoms with van der Waals surface area (Å²) in [5, 5.41) is 0.817. The third-order valence-corrected chi connectivity index (χ3v) is 5.93. The van der Waals surface area contributed by atoms with E-state index in [-0.39, 0.29) is 29.4 Å². The third-order valence-electron chi connectivity index (χ3n) is 5.93. The number of rotatable bonds is 8. The molecule has 0 bridgehead atoms. The SMILES string of the molecule is COCCc1ccc(-c2ccc3c(F)c(CCc4cc(F)c(OC(F)(F)F)c(F)c4)ccc3c2)c(F)c1. The molecule has 0 aliphatic rings. The second-order valence-electron chi connectivity index (χ2n) is 8.47. The van der Waals surface area contributed by atoms with Gasteiger partial charge in [0, 0.05) is 18.1 Å². The zero-order valence-electron chi connectivity index (χ0n) is 19.6. The first-order valence-electron chi connectivity index (χ1n) is 11.3. The number of hydrogen-bond donors (Lipinski definition) is 0. The zero-order chi connectivity index (χ0) is 26.7. The van der Waals surface area contributed by atoms with Crippen LogP contribution in [0.1, 0.15) is 16.7 Å². The van der Waals surface area contributed by atoms with Crippen LogP contribution in [0.2, 0.25) is 0 Å². The van der Waals surface area contributed by atoms with Crippen molar-refractivity contribution in [3.63, 3.8) is 0 Å². The fourth-order valence-electron chi connectivity index (χ4n) is 4.11. The topological polar surface area (TPSA) is 18.5 Å². The summed E-state index contributed by atoms with van der Waals surface area (Å²) in [6.45, 7) is 0.470. The van der Waals surface area contributed by atoms with Crippen LogP contribution in [0, 0.1) is 23.3 Å². The van der Waals surface area contributed by atoms with Gasteiger partial charge in [-0.3, -0.25) is 0 Å². The molecule has 4 aromatic rings. The highest BCUT2D eigenvalue weighted by molar-refractivity contribution is 5.88. The molecule has 0 radical (unpaired) electrons. The Labute approximate surface area is 208 Å². The lowest BCUT2D eigenvalue weighted by Crippen LogP contribution is -2.19. The van der Waals surface area contributed by atoms with Gasteiger partial charge in [0.15, 0.2) is 11.6 Å². The molecule has 37 heavy (non-hydrogen) atoms. The Hall–Kier alpha value is -3.59. The van der Waals surface area contributed by atoms with E-state index in [2.05, 4.69) is 4.74 Å². The maximum atomic E-state index is 15.2. The van der Waals surface area contributed by atoms with Crippen LogP contribution in [0.3, 0.4) is 0 Å². The summed E-state index contributed by atoms with van der Waals surface area (Å²) in [5.74, 6) is -5.49. The average molecular weight is 522 g/mol. The fourth-order valence-corrected chi connectivity index (χ4v) is 4.11. The van der Waals surface area contributed by atoms with Gasteiger partial charge in [0.05, 0.1) is 6.61 Å². The Balaban J connectivity index is 1.53. The smallest absolute Gasteiger partial charge is 0.399 e. The van der Waals surface area contributed by atoms with Crippen molar-refractivity contribution in [2.75, 3.05) is 13.7 Å². The molecule has 0 saturated carbocycles. The second-order valence-corrected chi connectivity index (χ2v) is 8.47. The summed E-state index contributed by atoms with van der Waals surface area (Å²) in [7, 11) is 1.57. The highest BCUT2D eigenvalue weighted by Crippen LogP contribution is 2.32. The molecule has 4 rings (SSSR count). The van der Waals surface area contributed by atoms with E-state index in [0.29, 0.717) is 29.5 Å². The largest absolute Gasteiger partial charge is 0.573 e. The molecule has 0 aliphatic heterocycles. The Morgan fingerprint density at radius 1 is 0.703 bits per heavy atom. The van der Waals surface area contributed by atoms with Gasteiger partial charge >= 0.3 is 6.36 Å². The summed E-state index contributed by atoms with van der Waals surface area (Å²) in [6.07, 6.45) is -4.65. The molecule has 0 amide bonds. The minimum Gasteiger partial charge on any atom is -0.399 e. The lowest BCUT2D eigenvalue weighted by molar-refractivity contribution is -0.276. The highest BCUT2D eigenvalue weighted by atomic mass is 19.4. The molecular formula is C28H21F7O2. The Morgan fingerprint density at radius 2 is 1.41 bits per heavy atom. The van der Waals surface area contributed by atoms with Crippen molar-refractivity contribution in [2.45, 2.75) is 25.6 Å². The van der Waals surface area contributed by atoms with Crippen molar-refractivity contribution in [1.82, 2.24) is 0 Å². The number of methoxy groups -OCH3 is 1. The number of halogens is 7. The van der Waals surface area contributed by atoms with E-state index in [4.69, 9.17) is 4.74 Å². The predicted octanol–water partition coefficient (Wildman–Crippen LogP) is 7.94. The number of alkyl halides is 3. The van der Waals surface area contributed by atoms with Gasteiger partial charge in [0.25, 0.3) is 0 Å². The number of hydrogen-bond acceptors (Lipinski definition) is 2. The molecule has 0 unspecified atom stereocenters. The van der Waals surface area contributed by atoms with Gasteiger partial charge < -0.3 is 9.47 Å². The van der Waals surface area contributed by atoms with Crippen LogP contribution in [-0.2, 0) is 24.0 Å². The van der Waals surface area contributed by atoms with Crippen LogP contribution >= 0.6 is 0 Å². The first-order chi connectivity index (χ1) is 17.6. The van der Waals surface area contributed by atoms with Crippen LogP contribution < -0.4 is 4.74 Å². The molecule has 0 atom stereocenters. The Kier molecular flexibility index (Phi) is 7.73. The molecular weight excluding hydrogens is 501 g/mol. The van der Waals surface area contributed by atoms with Crippen molar-refractivity contribution in [3.05, 3.63) is 101 Å². The molecule has 4 aromatic carbocycles. The lowest BCUT2D eigenvalue weighted by Gasteiger charge is -2.12. The van der Waals surface area contributed by atoms with Gasteiger partial charge in [-0.05, 0) is 71.2 Å². The quantitative estimate of drug-likeness (QED) is 0.219. The van der Waals surface area contributed by atoms with Gasteiger partial charge in [-0.1, -0.05) is 36.4 Å². The predicted molar refractivity (Wildman–Crippen MR) is 125 cm³/mol. The minimum absolute atomic E-state index is 0.0265. The van der Waals surface area contributed by atoms with Gasteiger partial charge in [-0.2, -0.15) is 0 Å². The van der Waals surface area contributed by atoms with E-state index in [9.17, 15) is 26.3 Å². The Bertz CT molecular complexity index is 1410. The van der Waals surface area contributed by atoms with Crippen molar-refractivity contribution in [2.24, 2.45) is 0 Å². The molecule has 0 N–H and O–H groups in total. The van der Waals surface area contributed by atoms with Crippen LogP contribution in [0.25, 0.3) is 21.9 Å². The summed E-state index contributed by atoms with van der Waals surface area (Å²) in [4.78, 5) is 0. The van der Waals surface area contributed by atoms with Crippen molar-refractivity contribution < 1.29 is 40.2 Å². The van der Waals surface area contributed by atoms with E-state index in [1.807, 2.05) is 0 Å². The van der Waals surface area contributed by atoms with Gasteiger partial charge in [-0.25, -0.2) is 17.6 Å². The molecule has 9 heteroatoms. The Morgan fingerprint density at radius 3 is 2.05 bits per heavy atom. The van der Waals surface area contributed by atoms with Crippen molar-refractivity contribution in [1.29, 1.82) is 0 Å². The van der Waals surface area contributed by atoms with Gasteiger partial charge in [0.1, 0.15) is 11.6 Å². The van der Waals surface area contributed by atoms with Gasteiger partial charge in [0.2, 0.25) is 5.75 Å². The maximum Gasteiger partial charge on any atom is 0.573 e. The van der Waals surface area contributed by atoms with E-state index in [1.165, 1.54) is 18.2 Å². The van der Waals surface area contributed by atoms with Crippen LogP contribution in [0.15, 0.2) is 60.7 Å². The maximum absolute atomic E-state index is 15.2. The number of ether oxygens (including phenoxy) is 2. The minimum atomic E-state index is -5.24. The van der Waals surface area contributed by atoms with E-state index in [0.717, 1.165) is 17.7 Å². The van der Waals surface area contributed by atoms with E-state index >= 15 is 4.39 Å². The standard InChI is InChI=1S/C28H21F7O2/c1-36-11-10-16-3-8-21(23(29)12-16)19-7-9-22-20(15-19)6-5-18(26(22)32)4-2-17-13-24(30)27(25(31)14-17)37-28(33,34)35/h3,5-9,12-15H,2,4,10-11H2,1H3. The van der Waals surface area contributed by atoms with Crippen molar-refractivity contribution >= 4 is 10.8 Å². The van der Waals surface area contributed by atoms with Crippen LogP contribution in [0.4, 0.5) is 30.7 Å². The van der Waals surface area contributed by atoms with Crippen molar-refractivity contribution in [3.8, 4) is 16.9 Å². The molecule has 0 spiro atoms. The molecule has 0 fully saturated rings. The monoisotopic (exact) mass is 522 g/mol. The fraction of sp³-hybridized carbons (Fsp3) is 0.214. The summed E-state index contributed by atoms with van der Waals surface area (Å²) in [6, 6.07) is 14.3. The first kappa shape index (κ1) is 26.5. The number of fused-ring (bicyclic) bond motifs is 1. The zero-order valence-corrected chi connectivity index (χ0v) is 19.6. The molecule has 0 saturated heterocycles. The molecule has 0 heterocycles. The third kappa shape index (κ3) is 6.22. The summed E-state index contributed by atoms with van der Waals surface area (Å²) < 4.78 is 103. The molecule has 194 valence electrons. The van der Waals surface area contributed by atoms with Crippen LogP contribution in [-0.4, -0.2) is 20.1 Å². The second kappa shape index (κ2) is 10.8. The molecule has 2 nitrogen and oxygen atoms in total. The first-order valence-corrected chi connectivity index (χ1v) is 11.3. The molecule has 0 aliphatic carbocycles. The summed E-state index contributed by atoms with van der Waals surface area (Å²) in [5.41, 5.74) is 2.04. The van der Waals surface area contributed by atoms with E-state index < -0.39 is 35.4 Å². The lowest BCUT2D eigenvalue weighted by atomic mass is 9.96. The highest BCUT2D eigenvalue weighted by Gasteiger charge is 2.34. The van der Waals surface area contributed by atoms with Crippen LogP contribution in [0.5, 0.6) is 5.75 Å². The summed E-state index contributed by atoms with van der Waals surface area (Å²) >= 11 is 0. The normalized spacial score (nSPS) is 11.8. The number of benzene rings is 4.